The number of aromatic nitrogens is 2. The minimum atomic E-state index is 0.567. The molecule has 2 heterocycles. The van der Waals surface area contributed by atoms with Gasteiger partial charge in [0.1, 0.15) is 5.01 Å². The molecule has 0 atom stereocenters. The SMILES string of the molecule is Nc1nc(-c2cnc(-c3ccccc3Cl)s2)cs1. The fourth-order valence-electron chi connectivity index (χ4n) is 1.55. The van der Waals surface area contributed by atoms with Crippen LogP contribution in [0.3, 0.4) is 0 Å². The maximum atomic E-state index is 6.15. The average molecular weight is 294 g/mol. The molecule has 3 aromatic rings. The predicted octanol–water partition coefficient (Wildman–Crippen LogP) is 4.17. The fraction of sp³-hybridized carbons (Fsp3) is 0. The lowest BCUT2D eigenvalue weighted by atomic mass is 10.2. The molecular formula is C12H8ClN3S2. The topological polar surface area (TPSA) is 51.8 Å². The van der Waals surface area contributed by atoms with Gasteiger partial charge in [-0.1, -0.05) is 29.8 Å². The van der Waals surface area contributed by atoms with Crippen molar-refractivity contribution in [3.8, 4) is 21.1 Å². The first kappa shape index (κ1) is 11.6. The number of hydrogen-bond acceptors (Lipinski definition) is 5. The zero-order chi connectivity index (χ0) is 12.5. The molecule has 0 bridgehead atoms. The standard InChI is InChI=1S/C12H8ClN3S2/c13-8-4-2-1-3-7(8)11-15-5-10(18-11)9-6-17-12(14)16-9/h1-6H,(H2,14,16). The zero-order valence-electron chi connectivity index (χ0n) is 9.13. The van der Waals surface area contributed by atoms with E-state index in [0.29, 0.717) is 10.2 Å². The van der Waals surface area contributed by atoms with Crippen molar-refractivity contribution in [3.05, 3.63) is 40.9 Å². The summed E-state index contributed by atoms with van der Waals surface area (Å²) in [5, 5.41) is 4.09. The number of nitrogen functional groups attached to an aromatic ring is 1. The third-order valence-electron chi connectivity index (χ3n) is 2.38. The van der Waals surface area contributed by atoms with Crippen LogP contribution in [0.4, 0.5) is 5.13 Å². The third kappa shape index (κ3) is 2.12. The van der Waals surface area contributed by atoms with Crippen molar-refractivity contribution in [3.63, 3.8) is 0 Å². The normalized spacial score (nSPS) is 10.7. The first-order valence-corrected chi connectivity index (χ1v) is 7.23. The number of rotatable bonds is 2. The molecule has 0 fully saturated rings. The lowest BCUT2D eigenvalue weighted by Gasteiger charge is -1.97. The maximum Gasteiger partial charge on any atom is 0.180 e. The minimum Gasteiger partial charge on any atom is -0.375 e. The highest BCUT2D eigenvalue weighted by molar-refractivity contribution is 7.19. The van der Waals surface area contributed by atoms with Crippen molar-refractivity contribution in [1.29, 1.82) is 0 Å². The molecule has 3 nitrogen and oxygen atoms in total. The summed E-state index contributed by atoms with van der Waals surface area (Å²) in [6.07, 6.45) is 1.80. The van der Waals surface area contributed by atoms with Crippen LogP contribution in [-0.2, 0) is 0 Å². The van der Waals surface area contributed by atoms with Gasteiger partial charge in [0.25, 0.3) is 0 Å². The molecule has 3 rings (SSSR count). The molecule has 0 aliphatic rings. The molecule has 1 aromatic carbocycles. The molecule has 18 heavy (non-hydrogen) atoms. The third-order valence-corrected chi connectivity index (χ3v) is 4.44. The summed E-state index contributed by atoms with van der Waals surface area (Å²) in [5.74, 6) is 0. The monoisotopic (exact) mass is 293 g/mol. The second kappa shape index (κ2) is 4.68. The van der Waals surface area contributed by atoms with E-state index in [2.05, 4.69) is 9.97 Å². The van der Waals surface area contributed by atoms with E-state index in [4.69, 9.17) is 17.3 Å². The van der Waals surface area contributed by atoms with Gasteiger partial charge >= 0.3 is 0 Å². The van der Waals surface area contributed by atoms with E-state index in [1.807, 2.05) is 29.6 Å². The van der Waals surface area contributed by atoms with Crippen LogP contribution in [0.1, 0.15) is 0 Å². The number of nitrogens with zero attached hydrogens (tertiary/aromatic N) is 2. The summed E-state index contributed by atoms with van der Waals surface area (Å²) in [4.78, 5) is 9.63. The number of nitrogens with two attached hydrogens (primary N) is 1. The summed E-state index contributed by atoms with van der Waals surface area (Å²) in [6, 6.07) is 7.67. The first-order chi connectivity index (χ1) is 8.74. The van der Waals surface area contributed by atoms with Crippen LogP contribution in [0.5, 0.6) is 0 Å². The van der Waals surface area contributed by atoms with Gasteiger partial charge < -0.3 is 5.73 Å². The Kier molecular flexibility index (Phi) is 3.03. The van der Waals surface area contributed by atoms with E-state index in [1.54, 1.807) is 17.5 Å². The van der Waals surface area contributed by atoms with Crippen molar-refractivity contribution in [1.82, 2.24) is 9.97 Å². The molecule has 0 amide bonds. The van der Waals surface area contributed by atoms with E-state index in [1.165, 1.54) is 11.3 Å². The molecule has 0 aliphatic heterocycles. The van der Waals surface area contributed by atoms with Gasteiger partial charge in [-0.3, -0.25) is 0 Å². The van der Waals surface area contributed by atoms with Crippen molar-refractivity contribution < 1.29 is 0 Å². The summed E-state index contributed by atoms with van der Waals surface area (Å²) in [6.45, 7) is 0. The van der Waals surface area contributed by atoms with Gasteiger partial charge in [-0.05, 0) is 6.07 Å². The van der Waals surface area contributed by atoms with Crippen molar-refractivity contribution in [2.24, 2.45) is 0 Å². The minimum absolute atomic E-state index is 0.567. The number of halogens is 1. The maximum absolute atomic E-state index is 6.15. The molecule has 0 radical (unpaired) electrons. The van der Waals surface area contributed by atoms with Crippen LogP contribution in [0.2, 0.25) is 5.02 Å². The Morgan fingerprint density at radius 2 is 2.06 bits per heavy atom. The summed E-state index contributed by atoms with van der Waals surface area (Å²) in [7, 11) is 0. The Morgan fingerprint density at radius 1 is 1.22 bits per heavy atom. The Morgan fingerprint density at radius 3 is 2.78 bits per heavy atom. The van der Waals surface area contributed by atoms with Gasteiger partial charge in [-0.25, -0.2) is 9.97 Å². The first-order valence-electron chi connectivity index (χ1n) is 5.16. The molecule has 6 heteroatoms. The number of hydrogen-bond donors (Lipinski definition) is 1. The largest absolute Gasteiger partial charge is 0.375 e. The fourth-order valence-corrected chi connectivity index (χ4v) is 3.39. The van der Waals surface area contributed by atoms with Gasteiger partial charge in [0.15, 0.2) is 5.13 Å². The van der Waals surface area contributed by atoms with Gasteiger partial charge in [-0.2, -0.15) is 0 Å². The number of thiazole rings is 2. The van der Waals surface area contributed by atoms with Crippen molar-refractivity contribution in [2.75, 3.05) is 5.73 Å². The highest BCUT2D eigenvalue weighted by atomic mass is 35.5. The van der Waals surface area contributed by atoms with Crippen LogP contribution in [0.15, 0.2) is 35.8 Å². The van der Waals surface area contributed by atoms with Crippen LogP contribution in [0.25, 0.3) is 21.1 Å². The molecule has 2 N–H and O–H groups in total. The molecule has 0 aliphatic carbocycles. The second-order valence-corrected chi connectivity index (χ2v) is 5.91. The smallest absolute Gasteiger partial charge is 0.180 e. The van der Waals surface area contributed by atoms with Crippen LogP contribution in [-0.4, -0.2) is 9.97 Å². The van der Waals surface area contributed by atoms with Gasteiger partial charge in [0, 0.05) is 17.1 Å². The molecule has 2 aromatic heterocycles. The summed E-state index contributed by atoms with van der Waals surface area (Å²) in [5.41, 5.74) is 7.44. The quantitative estimate of drug-likeness (QED) is 0.771. The van der Waals surface area contributed by atoms with Gasteiger partial charge in [-0.15, -0.1) is 22.7 Å². The van der Waals surface area contributed by atoms with E-state index in [-0.39, 0.29) is 0 Å². The van der Waals surface area contributed by atoms with Crippen LogP contribution < -0.4 is 5.73 Å². The predicted molar refractivity (Wildman–Crippen MR) is 78.1 cm³/mol. The van der Waals surface area contributed by atoms with Gasteiger partial charge in [0.05, 0.1) is 15.6 Å². The van der Waals surface area contributed by atoms with Crippen LogP contribution >= 0.6 is 34.3 Å². The number of benzene rings is 1. The van der Waals surface area contributed by atoms with E-state index >= 15 is 0 Å². The molecule has 90 valence electrons. The molecular weight excluding hydrogens is 286 g/mol. The lowest BCUT2D eigenvalue weighted by molar-refractivity contribution is 1.39. The van der Waals surface area contributed by atoms with Gasteiger partial charge in [0.2, 0.25) is 0 Å². The molecule has 0 saturated heterocycles. The zero-order valence-corrected chi connectivity index (χ0v) is 11.5. The Hall–Kier alpha value is -1.43. The lowest BCUT2D eigenvalue weighted by Crippen LogP contribution is -1.80. The highest BCUT2D eigenvalue weighted by Gasteiger charge is 2.10. The second-order valence-electron chi connectivity index (χ2n) is 3.58. The molecule has 0 unspecified atom stereocenters. The van der Waals surface area contributed by atoms with E-state index in [0.717, 1.165) is 21.1 Å². The van der Waals surface area contributed by atoms with E-state index < -0.39 is 0 Å². The Bertz CT molecular complexity index is 690. The Balaban J connectivity index is 2.02. The van der Waals surface area contributed by atoms with E-state index in [9.17, 15) is 0 Å². The highest BCUT2D eigenvalue weighted by Crippen LogP contribution is 2.35. The van der Waals surface area contributed by atoms with Crippen LogP contribution in [0, 0.1) is 0 Å². The van der Waals surface area contributed by atoms with Crippen molar-refractivity contribution >= 4 is 39.4 Å². The molecule has 0 saturated carbocycles. The summed E-state index contributed by atoms with van der Waals surface area (Å²) < 4.78 is 0. The van der Waals surface area contributed by atoms with Crippen molar-refractivity contribution in [2.45, 2.75) is 0 Å². The average Bonchev–Trinajstić information content (AvgIpc) is 2.98. The molecule has 0 spiro atoms. The number of anilines is 1. The Labute approximate surface area is 117 Å². The summed E-state index contributed by atoms with van der Waals surface area (Å²) >= 11 is 9.14.